The largest absolute Gasteiger partial charge is 0.465 e. The normalized spacial score (nSPS) is 19.8. The average Bonchev–Trinajstić information content (AvgIpc) is 2.90. The summed E-state index contributed by atoms with van der Waals surface area (Å²) >= 11 is 0. The number of carbonyl (C=O) groups excluding carboxylic acids is 2. The van der Waals surface area contributed by atoms with E-state index >= 15 is 0 Å². The molecule has 6 nitrogen and oxygen atoms in total. The van der Waals surface area contributed by atoms with Crippen molar-refractivity contribution in [2.45, 2.75) is 45.7 Å². The second kappa shape index (κ2) is 7.45. The fourth-order valence-corrected chi connectivity index (χ4v) is 2.75. The Morgan fingerprint density at radius 1 is 1.45 bits per heavy atom. The van der Waals surface area contributed by atoms with E-state index in [4.69, 9.17) is 4.42 Å². The second-order valence-corrected chi connectivity index (χ2v) is 5.93. The van der Waals surface area contributed by atoms with Crippen LogP contribution in [0.4, 0.5) is 0 Å². The fourth-order valence-electron chi connectivity index (χ4n) is 2.75. The Kier molecular flexibility index (Phi) is 5.60. The summed E-state index contributed by atoms with van der Waals surface area (Å²) in [4.78, 5) is 25.2. The van der Waals surface area contributed by atoms with Gasteiger partial charge in [0.15, 0.2) is 0 Å². The molecule has 22 heavy (non-hydrogen) atoms. The van der Waals surface area contributed by atoms with E-state index in [0.717, 1.165) is 30.9 Å². The smallest absolute Gasteiger partial charge is 0.236 e. The van der Waals surface area contributed by atoms with Crippen LogP contribution in [0.5, 0.6) is 0 Å². The number of rotatable bonds is 5. The molecule has 0 unspecified atom stereocenters. The van der Waals surface area contributed by atoms with Gasteiger partial charge in [-0.15, -0.1) is 0 Å². The van der Waals surface area contributed by atoms with E-state index in [0.29, 0.717) is 6.54 Å². The molecule has 1 aromatic heterocycles. The van der Waals surface area contributed by atoms with Crippen molar-refractivity contribution in [2.24, 2.45) is 0 Å². The molecule has 1 saturated heterocycles. The standard InChI is InChI=1S/C16H25N3O3/c1-11-6-7-15(22-11)12(2)17-9-16(21)19-8-4-5-14(10-19)18-13(3)20/h6-7,12,14,17H,4-5,8-10H2,1-3H3,(H,18,20)/t12-,14-/m0/s1. The molecule has 1 aliphatic heterocycles. The van der Waals surface area contributed by atoms with Crippen molar-refractivity contribution in [1.82, 2.24) is 15.5 Å². The molecule has 2 amide bonds. The van der Waals surface area contributed by atoms with Crippen molar-refractivity contribution in [3.63, 3.8) is 0 Å². The van der Waals surface area contributed by atoms with Crippen LogP contribution in [0.25, 0.3) is 0 Å². The zero-order valence-corrected chi connectivity index (χ0v) is 13.5. The van der Waals surface area contributed by atoms with Gasteiger partial charge in [-0.3, -0.25) is 14.9 Å². The Morgan fingerprint density at radius 2 is 2.23 bits per heavy atom. The third-order valence-corrected chi connectivity index (χ3v) is 3.93. The molecule has 0 radical (unpaired) electrons. The molecule has 2 heterocycles. The van der Waals surface area contributed by atoms with Crippen molar-refractivity contribution in [2.75, 3.05) is 19.6 Å². The van der Waals surface area contributed by atoms with E-state index in [9.17, 15) is 9.59 Å². The molecule has 122 valence electrons. The molecule has 0 aliphatic carbocycles. The molecule has 2 rings (SSSR count). The summed E-state index contributed by atoms with van der Waals surface area (Å²) in [5, 5.41) is 6.08. The van der Waals surface area contributed by atoms with E-state index in [1.807, 2.05) is 30.9 Å². The maximum atomic E-state index is 12.3. The van der Waals surface area contributed by atoms with Crippen molar-refractivity contribution in [3.05, 3.63) is 23.7 Å². The Bertz CT molecular complexity index is 526. The minimum absolute atomic E-state index is 0.00594. The van der Waals surface area contributed by atoms with Gasteiger partial charge in [0.25, 0.3) is 0 Å². The fraction of sp³-hybridized carbons (Fsp3) is 0.625. The third kappa shape index (κ3) is 4.59. The predicted molar refractivity (Wildman–Crippen MR) is 83.3 cm³/mol. The first-order chi connectivity index (χ1) is 10.5. The van der Waals surface area contributed by atoms with Gasteiger partial charge in [0.2, 0.25) is 11.8 Å². The second-order valence-electron chi connectivity index (χ2n) is 5.93. The van der Waals surface area contributed by atoms with Gasteiger partial charge in [0.05, 0.1) is 12.6 Å². The molecular weight excluding hydrogens is 282 g/mol. The highest BCUT2D eigenvalue weighted by Crippen LogP contribution is 2.15. The van der Waals surface area contributed by atoms with Gasteiger partial charge in [-0.2, -0.15) is 0 Å². The molecule has 0 saturated carbocycles. The van der Waals surface area contributed by atoms with Crippen molar-refractivity contribution < 1.29 is 14.0 Å². The van der Waals surface area contributed by atoms with E-state index < -0.39 is 0 Å². The Morgan fingerprint density at radius 3 is 2.86 bits per heavy atom. The van der Waals surface area contributed by atoms with Crippen molar-refractivity contribution >= 4 is 11.8 Å². The molecule has 2 N–H and O–H groups in total. The van der Waals surface area contributed by atoms with E-state index in [-0.39, 0.29) is 30.4 Å². The van der Waals surface area contributed by atoms with Crippen LogP contribution in [0.3, 0.4) is 0 Å². The van der Waals surface area contributed by atoms with Crippen molar-refractivity contribution in [1.29, 1.82) is 0 Å². The molecule has 0 spiro atoms. The van der Waals surface area contributed by atoms with Gasteiger partial charge in [0.1, 0.15) is 11.5 Å². The maximum Gasteiger partial charge on any atom is 0.236 e. The minimum atomic E-state index is -0.0424. The number of amides is 2. The van der Waals surface area contributed by atoms with E-state index in [2.05, 4.69) is 10.6 Å². The molecule has 1 aromatic rings. The predicted octanol–water partition coefficient (Wildman–Crippen LogP) is 1.37. The summed E-state index contributed by atoms with van der Waals surface area (Å²) in [6, 6.07) is 3.90. The number of nitrogens with one attached hydrogen (secondary N) is 2. The Balaban J connectivity index is 1.80. The van der Waals surface area contributed by atoms with E-state index in [1.54, 1.807) is 0 Å². The maximum absolute atomic E-state index is 12.3. The van der Waals surface area contributed by atoms with Crippen LogP contribution in [0.1, 0.15) is 44.3 Å². The number of aryl methyl sites for hydroxylation is 1. The number of likely N-dealkylation sites (tertiary alicyclic amines) is 1. The van der Waals surface area contributed by atoms with Gasteiger partial charge in [0, 0.05) is 26.1 Å². The molecule has 2 atom stereocenters. The van der Waals surface area contributed by atoms with Gasteiger partial charge in [-0.05, 0) is 38.8 Å². The third-order valence-electron chi connectivity index (χ3n) is 3.93. The number of hydrogen-bond acceptors (Lipinski definition) is 4. The quantitative estimate of drug-likeness (QED) is 0.861. The number of nitrogens with zero attached hydrogens (tertiary/aromatic N) is 1. The summed E-state index contributed by atoms with van der Waals surface area (Å²) in [7, 11) is 0. The van der Waals surface area contributed by atoms with Crippen LogP contribution in [-0.4, -0.2) is 42.4 Å². The summed E-state index contributed by atoms with van der Waals surface area (Å²) in [6.45, 7) is 7.00. The monoisotopic (exact) mass is 307 g/mol. The number of furan rings is 1. The molecule has 0 aromatic carbocycles. The molecule has 0 bridgehead atoms. The van der Waals surface area contributed by atoms with Gasteiger partial charge < -0.3 is 14.6 Å². The first-order valence-corrected chi connectivity index (χ1v) is 7.80. The first-order valence-electron chi connectivity index (χ1n) is 7.80. The van der Waals surface area contributed by atoms with E-state index in [1.165, 1.54) is 6.92 Å². The molecule has 1 aliphatic rings. The molecular formula is C16H25N3O3. The lowest BCUT2D eigenvalue weighted by Crippen LogP contribution is -2.51. The zero-order chi connectivity index (χ0) is 16.1. The Hall–Kier alpha value is -1.82. The highest BCUT2D eigenvalue weighted by atomic mass is 16.3. The minimum Gasteiger partial charge on any atom is -0.465 e. The van der Waals surface area contributed by atoms with Gasteiger partial charge >= 0.3 is 0 Å². The SMILES string of the molecule is CC(=O)N[C@H]1CCCN(C(=O)CN[C@@H](C)c2ccc(C)o2)C1. The van der Waals surface area contributed by atoms with Crippen LogP contribution in [0, 0.1) is 6.92 Å². The van der Waals surface area contributed by atoms with Gasteiger partial charge in [-0.1, -0.05) is 0 Å². The topological polar surface area (TPSA) is 74.6 Å². The van der Waals surface area contributed by atoms with Crippen LogP contribution >= 0.6 is 0 Å². The lowest BCUT2D eigenvalue weighted by molar-refractivity contribution is -0.132. The van der Waals surface area contributed by atoms with Crippen LogP contribution in [0.2, 0.25) is 0 Å². The number of piperidine rings is 1. The Labute approximate surface area is 131 Å². The first kappa shape index (κ1) is 16.5. The molecule has 6 heteroatoms. The molecule has 1 fully saturated rings. The summed E-state index contributed by atoms with van der Waals surface area (Å²) in [5.74, 6) is 1.72. The number of carbonyl (C=O) groups is 2. The number of hydrogen-bond donors (Lipinski definition) is 2. The summed E-state index contributed by atoms with van der Waals surface area (Å²) in [5.41, 5.74) is 0. The summed E-state index contributed by atoms with van der Waals surface area (Å²) in [6.07, 6.45) is 1.85. The van der Waals surface area contributed by atoms with Crippen molar-refractivity contribution in [3.8, 4) is 0 Å². The zero-order valence-electron chi connectivity index (χ0n) is 13.5. The van der Waals surface area contributed by atoms with Crippen LogP contribution < -0.4 is 10.6 Å². The summed E-state index contributed by atoms with van der Waals surface area (Å²) < 4.78 is 5.55. The van der Waals surface area contributed by atoms with Crippen LogP contribution in [-0.2, 0) is 9.59 Å². The lowest BCUT2D eigenvalue weighted by atomic mass is 10.1. The highest BCUT2D eigenvalue weighted by Gasteiger charge is 2.24. The van der Waals surface area contributed by atoms with Crippen LogP contribution in [0.15, 0.2) is 16.5 Å². The lowest BCUT2D eigenvalue weighted by Gasteiger charge is -2.33. The van der Waals surface area contributed by atoms with Gasteiger partial charge in [-0.25, -0.2) is 0 Å². The highest BCUT2D eigenvalue weighted by molar-refractivity contribution is 5.78. The average molecular weight is 307 g/mol.